The van der Waals surface area contributed by atoms with Crippen molar-refractivity contribution in [3.05, 3.63) is 47.2 Å². The van der Waals surface area contributed by atoms with E-state index in [1.54, 1.807) is 0 Å². The third kappa shape index (κ3) is 1.83. The molecule has 0 atom stereocenters. The Morgan fingerprint density at radius 3 is 2.62 bits per heavy atom. The molecule has 0 radical (unpaired) electrons. The highest BCUT2D eigenvalue weighted by Gasteiger charge is 1.98. The summed E-state index contributed by atoms with van der Waals surface area (Å²) in [6.45, 7) is 0. The van der Waals surface area contributed by atoms with Gasteiger partial charge in [0.2, 0.25) is 0 Å². The van der Waals surface area contributed by atoms with E-state index in [1.807, 2.05) is 19.2 Å². The maximum atomic E-state index is 3.46. The second-order valence-electron chi connectivity index (χ2n) is 3.08. The number of nitrogens with zero attached hydrogens (tertiary/aromatic N) is 1. The van der Waals surface area contributed by atoms with E-state index in [0.29, 0.717) is 0 Å². The van der Waals surface area contributed by atoms with Crippen LogP contribution >= 0.6 is 15.9 Å². The van der Waals surface area contributed by atoms with Crippen LogP contribution in [0.1, 0.15) is 0 Å². The molecule has 2 heteroatoms. The Bertz CT molecular complexity index is 418. The molecule has 0 N–H and O–H groups in total. The lowest BCUT2D eigenvalue weighted by molar-refractivity contribution is 0.928. The van der Waals surface area contributed by atoms with Crippen LogP contribution in [-0.4, -0.2) is 4.57 Å². The molecular formula is C11H10BrN. The Labute approximate surface area is 86.1 Å². The van der Waals surface area contributed by atoms with Crippen LogP contribution in [0.3, 0.4) is 0 Å². The van der Waals surface area contributed by atoms with E-state index in [0.717, 1.165) is 4.47 Å². The lowest BCUT2D eigenvalue weighted by Crippen LogP contribution is -1.78. The van der Waals surface area contributed by atoms with Gasteiger partial charge in [0.25, 0.3) is 0 Å². The number of benzene rings is 1. The van der Waals surface area contributed by atoms with E-state index in [2.05, 4.69) is 51.1 Å². The largest absolute Gasteiger partial charge is 0.357 e. The fourth-order valence-corrected chi connectivity index (χ4v) is 1.74. The minimum Gasteiger partial charge on any atom is -0.357 e. The summed E-state index contributed by atoms with van der Waals surface area (Å²) in [6.07, 6.45) is 4.16. The van der Waals surface area contributed by atoms with Gasteiger partial charge in [-0.1, -0.05) is 28.1 Å². The number of hydrogen-bond acceptors (Lipinski definition) is 0. The second-order valence-corrected chi connectivity index (χ2v) is 3.99. The summed E-state index contributed by atoms with van der Waals surface area (Å²) in [5.41, 5.74) is 2.50. The van der Waals surface area contributed by atoms with Crippen LogP contribution in [0.15, 0.2) is 47.2 Å². The zero-order chi connectivity index (χ0) is 9.26. The van der Waals surface area contributed by atoms with Crippen molar-refractivity contribution in [1.82, 2.24) is 4.57 Å². The van der Waals surface area contributed by atoms with Gasteiger partial charge in [0.1, 0.15) is 0 Å². The first-order valence-corrected chi connectivity index (χ1v) is 4.93. The summed E-state index contributed by atoms with van der Waals surface area (Å²) in [5.74, 6) is 0. The van der Waals surface area contributed by atoms with Crippen molar-refractivity contribution in [2.24, 2.45) is 7.05 Å². The molecule has 0 aliphatic carbocycles. The van der Waals surface area contributed by atoms with Crippen LogP contribution in [0.5, 0.6) is 0 Å². The SMILES string of the molecule is Cn1ccc(-c2cccc(Br)c2)c1. The zero-order valence-electron chi connectivity index (χ0n) is 7.37. The number of halogens is 1. The molecule has 0 unspecified atom stereocenters. The minimum atomic E-state index is 1.12. The van der Waals surface area contributed by atoms with Gasteiger partial charge in [-0.2, -0.15) is 0 Å². The highest BCUT2D eigenvalue weighted by Crippen LogP contribution is 2.22. The predicted molar refractivity (Wildman–Crippen MR) is 58.5 cm³/mol. The molecule has 1 aromatic heterocycles. The van der Waals surface area contributed by atoms with Crippen LogP contribution in [0, 0.1) is 0 Å². The molecule has 0 saturated carbocycles. The molecule has 0 aliphatic rings. The van der Waals surface area contributed by atoms with Crippen LogP contribution in [0.25, 0.3) is 11.1 Å². The first-order valence-electron chi connectivity index (χ1n) is 4.13. The van der Waals surface area contributed by atoms with Crippen molar-refractivity contribution in [2.45, 2.75) is 0 Å². The minimum absolute atomic E-state index is 1.12. The number of rotatable bonds is 1. The van der Waals surface area contributed by atoms with E-state index >= 15 is 0 Å². The van der Waals surface area contributed by atoms with Crippen molar-refractivity contribution >= 4 is 15.9 Å². The topological polar surface area (TPSA) is 4.93 Å². The molecule has 0 aliphatic heterocycles. The van der Waals surface area contributed by atoms with Crippen molar-refractivity contribution in [2.75, 3.05) is 0 Å². The molecule has 1 nitrogen and oxygen atoms in total. The average Bonchev–Trinajstić information content (AvgIpc) is 2.52. The lowest BCUT2D eigenvalue weighted by Gasteiger charge is -1.97. The van der Waals surface area contributed by atoms with E-state index in [-0.39, 0.29) is 0 Å². The highest BCUT2D eigenvalue weighted by molar-refractivity contribution is 9.10. The molecule has 13 heavy (non-hydrogen) atoms. The first kappa shape index (κ1) is 8.57. The molecule has 0 saturated heterocycles. The van der Waals surface area contributed by atoms with Gasteiger partial charge in [-0.3, -0.25) is 0 Å². The monoisotopic (exact) mass is 235 g/mol. The summed E-state index contributed by atoms with van der Waals surface area (Å²) < 4.78 is 3.17. The summed E-state index contributed by atoms with van der Waals surface area (Å²) >= 11 is 3.46. The molecule has 0 bridgehead atoms. The summed E-state index contributed by atoms with van der Waals surface area (Å²) in [6, 6.07) is 10.4. The predicted octanol–water partition coefficient (Wildman–Crippen LogP) is 3.45. The second kappa shape index (κ2) is 3.38. The van der Waals surface area contributed by atoms with Gasteiger partial charge in [0, 0.05) is 23.9 Å². The molecule has 0 amide bonds. The van der Waals surface area contributed by atoms with Crippen LogP contribution < -0.4 is 0 Å². The van der Waals surface area contributed by atoms with Crippen LogP contribution in [-0.2, 0) is 7.05 Å². The Balaban J connectivity index is 2.46. The molecule has 66 valence electrons. The average molecular weight is 236 g/mol. The summed E-state index contributed by atoms with van der Waals surface area (Å²) in [5, 5.41) is 0. The van der Waals surface area contributed by atoms with Gasteiger partial charge in [0.15, 0.2) is 0 Å². The summed E-state index contributed by atoms with van der Waals surface area (Å²) in [7, 11) is 2.03. The van der Waals surface area contributed by atoms with Gasteiger partial charge in [0.05, 0.1) is 0 Å². The van der Waals surface area contributed by atoms with Crippen molar-refractivity contribution in [1.29, 1.82) is 0 Å². The van der Waals surface area contributed by atoms with Gasteiger partial charge in [-0.05, 0) is 29.3 Å². The van der Waals surface area contributed by atoms with E-state index in [4.69, 9.17) is 0 Å². The summed E-state index contributed by atoms with van der Waals surface area (Å²) in [4.78, 5) is 0. The van der Waals surface area contributed by atoms with Crippen molar-refractivity contribution in [3.8, 4) is 11.1 Å². The molecule has 0 spiro atoms. The molecule has 2 aromatic rings. The Kier molecular flexibility index (Phi) is 2.23. The Morgan fingerprint density at radius 1 is 1.15 bits per heavy atom. The number of aromatic nitrogens is 1. The van der Waals surface area contributed by atoms with Crippen molar-refractivity contribution < 1.29 is 0 Å². The lowest BCUT2D eigenvalue weighted by atomic mass is 10.1. The Hall–Kier alpha value is -1.02. The number of aryl methyl sites for hydroxylation is 1. The van der Waals surface area contributed by atoms with E-state index in [1.165, 1.54) is 11.1 Å². The van der Waals surface area contributed by atoms with E-state index < -0.39 is 0 Å². The highest BCUT2D eigenvalue weighted by atomic mass is 79.9. The van der Waals surface area contributed by atoms with Gasteiger partial charge < -0.3 is 4.57 Å². The van der Waals surface area contributed by atoms with Gasteiger partial charge in [-0.25, -0.2) is 0 Å². The van der Waals surface area contributed by atoms with Gasteiger partial charge >= 0.3 is 0 Å². The molecular weight excluding hydrogens is 226 g/mol. The normalized spacial score (nSPS) is 10.3. The standard InChI is InChI=1S/C11H10BrN/c1-13-6-5-10(8-13)9-3-2-4-11(12)7-9/h2-8H,1H3. The molecule has 2 rings (SSSR count). The third-order valence-corrected chi connectivity index (χ3v) is 2.48. The fourth-order valence-electron chi connectivity index (χ4n) is 1.34. The van der Waals surface area contributed by atoms with Crippen LogP contribution in [0.2, 0.25) is 0 Å². The molecule has 1 aromatic carbocycles. The maximum Gasteiger partial charge on any atom is 0.0181 e. The smallest absolute Gasteiger partial charge is 0.0181 e. The quantitative estimate of drug-likeness (QED) is 0.714. The van der Waals surface area contributed by atoms with Crippen LogP contribution in [0.4, 0.5) is 0 Å². The molecule has 1 heterocycles. The zero-order valence-corrected chi connectivity index (χ0v) is 8.95. The third-order valence-electron chi connectivity index (χ3n) is 1.99. The van der Waals surface area contributed by atoms with Gasteiger partial charge in [-0.15, -0.1) is 0 Å². The first-order chi connectivity index (χ1) is 6.25. The Morgan fingerprint density at radius 2 is 2.00 bits per heavy atom. The van der Waals surface area contributed by atoms with Crippen molar-refractivity contribution in [3.63, 3.8) is 0 Å². The molecule has 0 fully saturated rings. The maximum absolute atomic E-state index is 3.46. The fraction of sp³-hybridized carbons (Fsp3) is 0.0909. The number of hydrogen-bond donors (Lipinski definition) is 0. The van der Waals surface area contributed by atoms with E-state index in [9.17, 15) is 0 Å².